The van der Waals surface area contributed by atoms with Crippen molar-refractivity contribution in [2.45, 2.75) is 105 Å². The van der Waals surface area contributed by atoms with Crippen molar-refractivity contribution in [3.8, 4) is 0 Å². The van der Waals surface area contributed by atoms with E-state index in [-0.39, 0.29) is 48.6 Å². The van der Waals surface area contributed by atoms with Crippen molar-refractivity contribution in [3.63, 3.8) is 0 Å². The van der Waals surface area contributed by atoms with E-state index in [9.17, 15) is 28.8 Å². The van der Waals surface area contributed by atoms with Gasteiger partial charge in [-0.25, -0.2) is 9.59 Å². The molecule has 6 heterocycles. The number of ether oxygens (including phenoxy) is 2. The molecule has 0 aliphatic carbocycles. The Bertz CT molecular complexity index is 2500. The van der Waals surface area contributed by atoms with Gasteiger partial charge in [-0.1, -0.05) is 49.3 Å². The van der Waals surface area contributed by atoms with Gasteiger partial charge in [0.2, 0.25) is 23.6 Å². The van der Waals surface area contributed by atoms with E-state index < -0.39 is 85.5 Å². The largest absolute Gasteiger partial charge is 0.737 e. The number of esters is 2. The second kappa shape index (κ2) is 21.7. The highest BCUT2D eigenvalue weighted by atomic mass is 33.1. The quantitative estimate of drug-likeness (QED) is 0.0438. The van der Waals surface area contributed by atoms with Crippen LogP contribution in [0.4, 0.5) is 17.3 Å². The molecule has 0 radical (unpaired) electrons. The Morgan fingerprint density at radius 1 is 0.600 bits per heavy atom. The number of amides is 4. The van der Waals surface area contributed by atoms with Crippen molar-refractivity contribution in [3.05, 3.63) is 81.7 Å². The summed E-state index contributed by atoms with van der Waals surface area (Å²) in [4.78, 5) is 80.1. The first-order valence-electron chi connectivity index (χ1n) is 23.0. The fourth-order valence-corrected chi connectivity index (χ4v) is 11.5. The predicted molar refractivity (Wildman–Crippen MR) is 264 cm³/mol. The minimum absolute atomic E-state index is 0.0970. The number of nitrogens with zero attached hydrogens (tertiary/aromatic N) is 4. The van der Waals surface area contributed by atoms with Crippen molar-refractivity contribution in [2.75, 3.05) is 25.7 Å². The molecule has 6 rings (SSSR count). The van der Waals surface area contributed by atoms with Gasteiger partial charge in [0.25, 0.3) is 0 Å². The Kier molecular flexibility index (Phi) is 16.6. The van der Waals surface area contributed by atoms with E-state index in [1.807, 2.05) is 0 Å². The number of hydrogen-bond acceptors (Lipinski definition) is 10. The number of allylic oxidation sites excluding steroid dienone is 4. The summed E-state index contributed by atoms with van der Waals surface area (Å²) in [6.45, 7) is 4.95. The third-order valence-electron chi connectivity index (χ3n) is 12.7. The summed E-state index contributed by atoms with van der Waals surface area (Å²) < 4.78 is 78.0. The zero-order valence-corrected chi connectivity index (χ0v) is 42.5. The van der Waals surface area contributed by atoms with E-state index in [2.05, 4.69) is 21.3 Å². The lowest BCUT2D eigenvalue weighted by Crippen LogP contribution is -2.54. The first-order valence-corrected chi connectivity index (χ1v) is 25.5. The van der Waals surface area contributed by atoms with Crippen molar-refractivity contribution >= 4 is 94.7 Å². The van der Waals surface area contributed by atoms with Crippen LogP contribution in [-0.4, -0.2) is 129 Å². The number of nitrogens with one attached hydrogen (secondary N) is 4. The van der Waals surface area contributed by atoms with Gasteiger partial charge in [-0.2, -0.15) is 0 Å². The minimum atomic E-state index is -4.28. The van der Waals surface area contributed by atoms with Gasteiger partial charge in [0.05, 0.1) is 14.2 Å². The van der Waals surface area contributed by atoms with E-state index in [1.54, 1.807) is 91.8 Å². The van der Waals surface area contributed by atoms with Crippen molar-refractivity contribution < 1.29 is 64.5 Å². The number of rotatable bonds is 21. The van der Waals surface area contributed by atoms with Crippen LogP contribution in [0.5, 0.6) is 0 Å². The van der Waals surface area contributed by atoms with Gasteiger partial charge in [0.1, 0.15) is 35.6 Å². The Hall–Kier alpha value is -5.77. The third-order valence-corrected chi connectivity index (χ3v) is 15.2. The van der Waals surface area contributed by atoms with Crippen LogP contribution >= 0.6 is 21.6 Å². The smallest absolute Gasteiger partial charge is 0.467 e. The monoisotopic (exact) mass is 1010 g/mol. The second-order valence-electron chi connectivity index (χ2n) is 18.5. The number of hydrogen-bond donors (Lipinski definition) is 4. The van der Waals surface area contributed by atoms with E-state index in [4.69, 9.17) is 9.47 Å². The van der Waals surface area contributed by atoms with Gasteiger partial charge in [-0.3, -0.25) is 19.2 Å². The van der Waals surface area contributed by atoms with Crippen LogP contribution in [0.2, 0.25) is 0 Å². The molecule has 24 heteroatoms. The molecular formula is C46H60B2F4N8O8S2. The molecule has 4 atom stereocenters. The molecule has 0 saturated heterocycles. The van der Waals surface area contributed by atoms with E-state index >= 15 is 17.3 Å². The molecule has 378 valence electrons. The van der Waals surface area contributed by atoms with E-state index in [0.29, 0.717) is 45.3 Å². The zero-order chi connectivity index (χ0) is 51.6. The molecule has 0 saturated carbocycles. The highest BCUT2D eigenvalue weighted by molar-refractivity contribution is 8.76. The first kappa shape index (κ1) is 53.6. The number of halogens is 4. The van der Waals surface area contributed by atoms with Gasteiger partial charge >= 0.3 is 25.9 Å². The van der Waals surface area contributed by atoms with Crippen LogP contribution < -0.4 is 21.3 Å². The minimum Gasteiger partial charge on any atom is -0.467 e. The highest BCUT2D eigenvalue weighted by Gasteiger charge is 2.53. The van der Waals surface area contributed by atoms with Crippen LogP contribution in [0.15, 0.2) is 47.8 Å². The Labute approximate surface area is 412 Å². The maximum atomic E-state index is 16.1. The van der Waals surface area contributed by atoms with Crippen molar-refractivity contribution in [1.29, 1.82) is 0 Å². The molecule has 0 spiro atoms. The summed E-state index contributed by atoms with van der Waals surface area (Å²) in [5.41, 5.74) is 4.03. The summed E-state index contributed by atoms with van der Waals surface area (Å²) in [5.74, 6) is -5.28. The molecule has 2 aromatic rings. The normalized spacial score (nSPS) is 17.7. The van der Waals surface area contributed by atoms with E-state index in [0.717, 1.165) is 39.5 Å². The summed E-state index contributed by atoms with van der Waals surface area (Å²) >= 11 is 0. The Morgan fingerprint density at radius 2 is 0.957 bits per heavy atom. The lowest BCUT2D eigenvalue weighted by molar-refractivity contribution is -0.363. The maximum absolute atomic E-state index is 16.1. The first-order chi connectivity index (χ1) is 32.9. The fraction of sp³-hybridized carbons (Fsp3) is 0.478. The van der Waals surface area contributed by atoms with Crippen LogP contribution in [0.25, 0.3) is 12.2 Å². The maximum Gasteiger partial charge on any atom is 0.737 e. The predicted octanol–water partition coefficient (Wildman–Crippen LogP) is 4.96. The Balaban J connectivity index is 1.15. The van der Waals surface area contributed by atoms with Crippen molar-refractivity contribution in [2.24, 2.45) is 11.8 Å². The molecule has 4 N–H and O–H groups in total. The number of fused-ring (bicyclic) bond motifs is 4. The number of aromatic nitrogens is 2. The average molecular weight is 1010 g/mol. The molecular weight excluding hydrogens is 954 g/mol. The Morgan fingerprint density at radius 3 is 1.29 bits per heavy atom. The summed E-state index contributed by atoms with van der Waals surface area (Å²) in [6, 6.07) is -1.35. The second-order valence-corrected chi connectivity index (χ2v) is 21.0. The fourth-order valence-electron chi connectivity index (χ4n) is 9.16. The average Bonchev–Trinajstić information content (AvgIpc) is 4.06. The van der Waals surface area contributed by atoms with Crippen LogP contribution in [0.3, 0.4) is 0 Å². The molecule has 0 unspecified atom stereocenters. The lowest BCUT2D eigenvalue weighted by atomic mass is 9.90. The summed E-state index contributed by atoms with van der Waals surface area (Å²) in [5, 5.41) is 10.6. The van der Waals surface area contributed by atoms with Crippen molar-refractivity contribution in [1.82, 2.24) is 30.2 Å². The van der Waals surface area contributed by atoms with E-state index in [1.165, 1.54) is 26.4 Å². The molecule has 0 bridgehead atoms. The molecule has 4 aliphatic heterocycles. The molecule has 2 aromatic heterocycles. The van der Waals surface area contributed by atoms with Crippen LogP contribution in [0.1, 0.15) is 87.3 Å². The zero-order valence-electron chi connectivity index (χ0n) is 40.9. The molecule has 16 nitrogen and oxygen atoms in total. The number of carbonyl (C=O) groups excluding carboxylic acids is 6. The SMILES string of the molecule is COC(=O)[C@@H](NC(=O)[C@H](CSSC[C@H](NC(=O)CCC1=[N+]2C(=Cc3c(C)cc(C)n3[B-]2(F)F)C=C1)C(=O)N[C@H](C(=O)OC)C(C)C)NC(=O)CCC1=[N+]2C(=Cc3c(C)cc(C)n3[B-]2(F)F)C=C1)C(C)C. The molecule has 70 heavy (non-hydrogen) atoms. The molecule has 4 aliphatic rings. The topological polar surface area (TPSA) is 185 Å². The number of aryl methyl sites for hydroxylation is 4. The summed E-state index contributed by atoms with van der Waals surface area (Å²) in [6.07, 6.45) is 8.82. The van der Waals surface area contributed by atoms with Gasteiger partial charge < -0.3 is 65.9 Å². The van der Waals surface area contributed by atoms with Gasteiger partial charge in [0, 0.05) is 85.0 Å². The van der Waals surface area contributed by atoms with Gasteiger partial charge in [-0.15, -0.1) is 0 Å². The standard InChI is InChI=1S/C46H60B2F4N8O8S2/c1-25(2)41(45(65)67-9)55-43(63)35(53-39(61)17-15-31-11-13-33-21-37-27(5)19-29(7)57(37)47(49,50)59(31)33)23-69-70-24-36(44(64)56-42(26(3)4)46(66)68-10)54-40(62)18-16-32-12-14-34-22-38-28(6)20-30(8)58(38)48(51,52)60(32)34/h11-14,19-22,25-26,35-36,41-42H,15-18,23-24H2,1-10H3,(H,53,61)(H,54,62)(H,55,63)(H,56,64)/t35-,36-,41-,42-/m0/s1. The number of carbonyl (C=O) groups is 6. The number of methoxy groups -OCH3 is 2. The molecule has 0 aromatic carbocycles. The highest BCUT2D eigenvalue weighted by Crippen LogP contribution is 2.36. The molecule has 4 amide bonds. The lowest BCUT2D eigenvalue weighted by Gasteiger charge is -2.30. The van der Waals surface area contributed by atoms with Crippen LogP contribution in [0, 0.1) is 39.5 Å². The third kappa shape index (κ3) is 11.1. The van der Waals surface area contributed by atoms with Gasteiger partial charge in [0.15, 0.2) is 11.4 Å². The molecule has 0 fully saturated rings. The van der Waals surface area contributed by atoms with Gasteiger partial charge in [-0.05, 0) is 74.2 Å². The van der Waals surface area contributed by atoms with Crippen LogP contribution in [-0.2, 0) is 38.2 Å². The summed E-state index contributed by atoms with van der Waals surface area (Å²) in [7, 11) is 4.44.